The molecule has 0 aliphatic carbocycles. The van der Waals surface area contributed by atoms with E-state index in [4.69, 9.17) is 11.6 Å². The van der Waals surface area contributed by atoms with E-state index in [1.807, 2.05) is 12.1 Å². The molecule has 1 aromatic rings. The van der Waals surface area contributed by atoms with Crippen LogP contribution in [0.5, 0.6) is 0 Å². The topological polar surface area (TPSA) is 32.3 Å². The standard InChI is InChI=1S/C18H30ClNO.C3H8/c1-5-11-20-17(12-14(3)13-21)18(4,6-2)15-7-9-16(19)10-8-15;1-3-2/h7-10,14,17,20-21H,5-6,11-13H2,1-4H3;3H2,1-2H3. The van der Waals surface area contributed by atoms with Crippen LogP contribution in [0, 0.1) is 5.92 Å². The summed E-state index contributed by atoms with van der Waals surface area (Å²) in [4.78, 5) is 0. The Kier molecular flexibility index (Phi) is 12.4. The average Bonchev–Trinajstić information content (AvgIpc) is 2.58. The summed E-state index contributed by atoms with van der Waals surface area (Å²) in [5.74, 6) is 0.303. The first-order valence-electron chi connectivity index (χ1n) is 9.49. The number of benzene rings is 1. The Morgan fingerprint density at radius 2 is 1.67 bits per heavy atom. The highest BCUT2D eigenvalue weighted by molar-refractivity contribution is 6.30. The van der Waals surface area contributed by atoms with Crippen LogP contribution in [0.15, 0.2) is 24.3 Å². The van der Waals surface area contributed by atoms with E-state index in [2.05, 4.69) is 59.0 Å². The number of aliphatic hydroxyl groups is 1. The van der Waals surface area contributed by atoms with Crippen molar-refractivity contribution in [3.8, 4) is 0 Å². The van der Waals surface area contributed by atoms with Gasteiger partial charge in [-0.1, -0.05) is 71.7 Å². The van der Waals surface area contributed by atoms with Gasteiger partial charge < -0.3 is 10.4 Å². The first-order valence-corrected chi connectivity index (χ1v) is 9.87. The number of aliphatic hydroxyl groups excluding tert-OH is 1. The van der Waals surface area contributed by atoms with Gasteiger partial charge in [-0.05, 0) is 49.4 Å². The molecule has 0 spiro atoms. The average molecular weight is 356 g/mol. The second kappa shape index (κ2) is 12.7. The van der Waals surface area contributed by atoms with Gasteiger partial charge in [-0.25, -0.2) is 0 Å². The molecule has 1 aromatic carbocycles. The van der Waals surface area contributed by atoms with Gasteiger partial charge in [-0.2, -0.15) is 0 Å². The fourth-order valence-corrected chi connectivity index (χ4v) is 2.97. The maximum Gasteiger partial charge on any atom is 0.0457 e. The summed E-state index contributed by atoms with van der Waals surface area (Å²) in [7, 11) is 0. The molecule has 3 atom stereocenters. The van der Waals surface area contributed by atoms with Crippen LogP contribution in [-0.2, 0) is 5.41 Å². The number of halogens is 1. The molecule has 0 aliphatic heterocycles. The van der Waals surface area contributed by atoms with Crippen molar-refractivity contribution in [2.24, 2.45) is 5.92 Å². The Labute approximate surface area is 155 Å². The van der Waals surface area contributed by atoms with Gasteiger partial charge in [0.15, 0.2) is 0 Å². The first kappa shape index (κ1) is 23.4. The molecule has 0 aromatic heterocycles. The van der Waals surface area contributed by atoms with Crippen molar-refractivity contribution in [3.63, 3.8) is 0 Å². The molecular weight excluding hydrogens is 318 g/mol. The number of hydrogen-bond donors (Lipinski definition) is 2. The molecule has 0 fully saturated rings. The zero-order valence-corrected chi connectivity index (χ0v) is 17.3. The van der Waals surface area contributed by atoms with Crippen LogP contribution in [-0.4, -0.2) is 24.3 Å². The van der Waals surface area contributed by atoms with E-state index < -0.39 is 0 Å². The first-order chi connectivity index (χ1) is 11.4. The van der Waals surface area contributed by atoms with Gasteiger partial charge >= 0.3 is 0 Å². The highest BCUT2D eigenvalue weighted by Gasteiger charge is 2.34. The second-order valence-corrected chi connectivity index (χ2v) is 7.45. The molecule has 2 nitrogen and oxygen atoms in total. The maximum absolute atomic E-state index is 9.41. The predicted molar refractivity (Wildman–Crippen MR) is 108 cm³/mol. The zero-order chi connectivity index (χ0) is 18.6. The SMILES string of the molecule is CCC.CCCNC(CC(C)CO)C(C)(CC)c1ccc(Cl)cc1. The number of rotatable bonds is 9. The largest absolute Gasteiger partial charge is 0.396 e. The van der Waals surface area contributed by atoms with Crippen molar-refractivity contribution in [1.29, 1.82) is 0 Å². The van der Waals surface area contributed by atoms with Crippen LogP contribution in [0.2, 0.25) is 5.02 Å². The monoisotopic (exact) mass is 355 g/mol. The molecule has 3 unspecified atom stereocenters. The van der Waals surface area contributed by atoms with E-state index in [0.717, 1.165) is 30.8 Å². The van der Waals surface area contributed by atoms with E-state index in [9.17, 15) is 5.11 Å². The normalized spacial score (nSPS) is 15.8. The quantitative estimate of drug-likeness (QED) is 0.585. The van der Waals surface area contributed by atoms with Crippen LogP contribution in [0.1, 0.15) is 72.8 Å². The summed E-state index contributed by atoms with van der Waals surface area (Å²) in [6.45, 7) is 14.3. The van der Waals surface area contributed by atoms with E-state index in [1.54, 1.807) is 0 Å². The van der Waals surface area contributed by atoms with Crippen LogP contribution < -0.4 is 5.32 Å². The Bertz CT molecular complexity index is 420. The van der Waals surface area contributed by atoms with Crippen molar-refractivity contribution in [1.82, 2.24) is 5.32 Å². The smallest absolute Gasteiger partial charge is 0.0457 e. The van der Waals surface area contributed by atoms with Gasteiger partial charge in [0.25, 0.3) is 0 Å². The molecule has 140 valence electrons. The van der Waals surface area contributed by atoms with Crippen molar-refractivity contribution < 1.29 is 5.11 Å². The molecule has 2 N–H and O–H groups in total. The predicted octanol–water partition coefficient (Wildman–Crippen LogP) is 5.81. The molecule has 0 amide bonds. The van der Waals surface area contributed by atoms with Crippen LogP contribution in [0.4, 0.5) is 0 Å². The number of hydrogen-bond acceptors (Lipinski definition) is 2. The summed E-state index contributed by atoms with van der Waals surface area (Å²) in [5, 5.41) is 13.9. The number of nitrogens with one attached hydrogen (secondary N) is 1. The van der Waals surface area contributed by atoms with E-state index >= 15 is 0 Å². The molecule has 0 aliphatic rings. The lowest BCUT2D eigenvalue weighted by molar-refractivity contribution is 0.190. The van der Waals surface area contributed by atoms with Gasteiger partial charge in [-0.15, -0.1) is 0 Å². The summed E-state index contributed by atoms with van der Waals surface area (Å²) < 4.78 is 0. The zero-order valence-electron chi connectivity index (χ0n) is 16.5. The van der Waals surface area contributed by atoms with E-state index in [1.165, 1.54) is 12.0 Å². The molecule has 0 saturated heterocycles. The summed E-state index contributed by atoms with van der Waals surface area (Å²) in [5.41, 5.74) is 1.36. The van der Waals surface area contributed by atoms with Gasteiger partial charge in [0.05, 0.1) is 0 Å². The summed E-state index contributed by atoms with van der Waals surface area (Å²) in [6, 6.07) is 8.56. The maximum atomic E-state index is 9.41. The molecule has 3 heteroatoms. The van der Waals surface area contributed by atoms with Crippen molar-refractivity contribution >= 4 is 11.6 Å². The Balaban J connectivity index is 0.00000163. The molecule has 1 rings (SSSR count). The highest BCUT2D eigenvalue weighted by Crippen LogP contribution is 2.35. The third kappa shape index (κ3) is 7.55. The Hall–Kier alpha value is -0.570. The van der Waals surface area contributed by atoms with Crippen LogP contribution in [0.25, 0.3) is 0 Å². The molecule has 0 bridgehead atoms. The third-order valence-electron chi connectivity index (χ3n) is 4.60. The van der Waals surface area contributed by atoms with Gasteiger partial charge in [0.1, 0.15) is 0 Å². The van der Waals surface area contributed by atoms with E-state index in [-0.39, 0.29) is 12.0 Å². The summed E-state index contributed by atoms with van der Waals surface area (Å²) >= 11 is 6.03. The summed E-state index contributed by atoms with van der Waals surface area (Å²) in [6.07, 6.45) is 4.39. The fourth-order valence-electron chi connectivity index (χ4n) is 2.85. The van der Waals surface area contributed by atoms with Gasteiger partial charge in [0, 0.05) is 23.1 Å². The second-order valence-electron chi connectivity index (χ2n) is 7.02. The Morgan fingerprint density at radius 3 is 2.08 bits per heavy atom. The minimum absolute atomic E-state index is 0.0448. The minimum atomic E-state index is 0.0448. The lowest BCUT2D eigenvalue weighted by Crippen LogP contribution is -2.47. The molecular formula is C21H38ClNO. The van der Waals surface area contributed by atoms with Gasteiger partial charge in [-0.3, -0.25) is 0 Å². The fraction of sp³-hybridized carbons (Fsp3) is 0.714. The lowest BCUT2D eigenvalue weighted by atomic mass is 9.71. The van der Waals surface area contributed by atoms with Gasteiger partial charge in [0.2, 0.25) is 0 Å². The minimum Gasteiger partial charge on any atom is -0.396 e. The van der Waals surface area contributed by atoms with E-state index in [0.29, 0.717) is 12.0 Å². The highest BCUT2D eigenvalue weighted by atomic mass is 35.5. The molecule has 0 saturated carbocycles. The third-order valence-corrected chi connectivity index (χ3v) is 4.85. The van der Waals surface area contributed by atoms with Crippen molar-refractivity contribution in [2.45, 2.75) is 78.7 Å². The van der Waals surface area contributed by atoms with Crippen molar-refractivity contribution in [3.05, 3.63) is 34.9 Å². The Morgan fingerprint density at radius 1 is 1.12 bits per heavy atom. The molecule has 0 heterocycles. The lowest BCUT2D eigenvalue weighted by Gasteiger charge is -2.39. The molecule has 24 heavy (non-hydrogen) atoms. The van der Waals surface area contributed by atoms with Crippen LogP contribution in [0.3, 0.4) is 0 Å². The van der Waals surface area contributed by atoms with Crippen molar-refractivity contribution in [2.75, 3.05) is 13.2 Å². The van der Waals surface area contributed by atoms with Crippen LogP contribution >= 0.6 is 11.6 Å². The molecule has 0 radical (unpaired) electrons.